The first kappa shape index (κ1) is 8.04. The number of ether oxygens (including phenoxy) is 1. The number of rotatable bonds is 2. The highest BCUT2D eigenvalue weighted by Crippen LogP contribution is 2.33. The first-order chi connectivity index (χ1) is 5.15. The zero-order valence-electron chi connectivity index (χ0n) is 6.37. The zero-order chi connectivity index (χ0) is 8.43. The van der Waals surface area contributed by atoms with E-state index in [0.29, 0.717) is 12.8 Å². The number of hydrogen-bond donors (Lipinski definition) is 1. The van der Waals surface area contributed by atoms with Crippen LogP contribution < -0.4 is 5.73 Å². The summed E-state index contributed by atoms with van der Waals surface area (Å²) < 4.78 is 4.49. The van der Waals surface area contributed by atoms with E-state index in [1.807, 2.05) is 0 Å². The highest BCUT2D eigenvalue weighted by Gasteiger charge is 2.38. The molecule has 62 valence electrons. The van der Waals surface area contributed by atoms with Gasteiger partial charge in [-0.2, -0.15) is 0 Å². The highest BCUT2D eigenvalue weighted by atomic mass is 16.5. The summed E-state index contributed by atoms with van der Waals surface area (Å²) in [5.41, 5.74) is 5.01. The van der Waals surface area contributed by atoms with Crippen LogP contribution in [0.4, 0.5) is 0 Å². The molecule has 1 aliphatic rings. The first-order valence-electron chi connectivity index (χ1n) is 3.52. The molecular formula is C7H11NO3. The Balaban J connectivity index is 2.29. The Labute approximate surface area is 64.7 Å². The largest absolute Gasteiger partial charge is 0.469 e. The van der Waals surface area contributed by atoms with Crippen LogP contribution >= 0.6 is 0 Å². The molecule has 0 saturated heterocycles. The van der Waals surface area contributed by atoms with Crippen molar-refractivity contribution >= 4 is 11.9 Å². The lowest BCUT2D eigenvalue weighted by Crippen LogP contribution is -2.39. The minimum atomic E-state index is -0.315. The van der Waals surface area contributed by atoms with E-state index in [4.69, 9.17) is 5.73 Å². The van der Waals surface area contributed by atoms with Gasteiger partial charge >= 0.3 is 5.97 Å². The number of nitrogens with two attached hydrogens (primary N) is 1. The fourth-order valence-electron chi connectivity index (χ4n) is 1.21. The summed E-state index contributed by atoms with van der Waals surface area (Å²) in [5.74, 6) is -0.760. The average Bonchev–Trinajstić information content (AvgIpc) is 1.83. The van der Waals surface area contributed by atoms with E-state index in [-0.39, 0.29) is 23.7 Å². The fourth-order valence-corrected chi connectivity index (χ4v) is 1.21. The summed E-state index contributed by atoms with van der Waals surface area (Å²) in [6.07, 6.45) is 1.12. The molecule has 0 unspecified atom stereocenters. The van der Waals surface area contributed by atoms with Gasteiger partial charge in [0.25, 0.3) is 0 Å². The van der Waals surface area contributed by atoms with Gasteiger partial charge in [-0.15, -0.1) is 0 Å². The van der Waals surface area contributed by atoms with Crippen molar-refractivity contribution in [1.82, 2.24) is 0 Å². The van der Waals surface area contributed by atoms with E-state index in [1.54, 1.807) is 0 Å². The van der Waals surface area contributed by atoms with E-state index >= 15 is 0 Å². The second-order valence-electron chi connectivity index (χ2n) is 2.79. The standard InChI is InChI=1S/C7H11NO3/c1-11-7(10)5-2-4(3-5)6(8)9/h4-5H,2-3H2,1H3,(H2,8,9)/t4-,5+. The molecule has 4 nitrogen and oxygen atoms in total. The molecule has 1 fully saturated rings. The lowest BCUT2D eigenvalue weighted by Gasteiger charge is -2.30. The van der Waals surface area contributed by atoms with Gasteiger partial charge in [-0.3, -0.25) is 9.59 Å². The molecule has 0 bridgehead atoms. The molecule has 0 aromatic carbocycles. The maximum Gasteiger partial charge on any atom is 0.308 e. The van der Waals surface area contributed by atoms with Gasteiger partial charge < -0.3 is 10.5 Å². The van der Waals surface area contributed by atoms with Crippen LogP contribution in [-0.4, -0.2) is 19.0 Å². The van der Waals surface area contributed by atoms with Crippen LogP contribution in [0.25, 0.3) is 0 Å². The lowest BCUT2D eigenvalue weighted by atomic mass is 9.74. The number of primary amides is 1. The van der Waals surface area contributed by atoms with E-state index in [0.717, 1.165) is 0 Å². The molecule has 1 saturated carbocycles. The SMILES string of the molecule is COC(=O)[C@H]1C[C@@H](C(N)=O)C1. The smallest absolute Gasteiger partial charge is 0.308 e. The Morgan fingerprint density at radius 2 is 1.91 bits per heavy atom. The molecule has 0 aromatic heterocycles. The molecular weight excluding hydrogens is 146 g/mol. The third kappa shape index (κ3) is 1.50. The number of amides is 1. The van der Waals surface area contributed by atoms with Crippen LogP contribution in [-0.2, 0) is 14.3 Å². The van der Waals surface area contributed by atoms with Crippen molar-refractivity contribution in [1.29, 1.82) is 0 Å². The van der Waals surface area contributed by atoms with Crippen LogP contribution in [0.3, 0.4) is 0 Å². The molecule has 11 heavy (non-hydrogen) atoms. The Bertz CT molecular complexity index is 184. The summed E-state index contributed by atoms with van der Waals surface area (Å²) in [4.78, 5) is 21.3. The fraction of sp³-hybridized carbons (Fsp3) is 0.714. The first-order valence-corrected chi connectivity index (χ1v) is 3.52. The number of esters is 1. The maximum atomic E-state index is 10.8. The minimum Gasteiger partial charge on any atom is -0.469 e. The third-order valence-corrected chi connectivity index (χ3v) is 2.07. The molecule has 0 radical (unpaired) electrons. The highest BCUT2D eigenvalue weighted by molar-refractivity contribution is 5.82. The average molecular weight is 157 g/mol. The van der Waals surface area contributed by atoms with Gasteiger partial charge in [0.2, 0.25) is 5.91 Å². The second kappa shape index (κ2) is 2.90. The zero-order valence-corrected chi connectivity index (χ0v) is 6.37. The van der Waals surface area contributed by atoms with Gasteiger partial charge in [0.1, 0.15) is 0 Å². The van der Waals surface area contributed by atoms with Crippen LogP contribution in [0.2, 0.25) is 0 Å². The predicted molar refractivity (Wildman–Crippen MR) is 37.4 cm³/mol. The molecule has 0 aliphatic heterocycles. The summed E-state index contributed by atoms with van der Waals surface area (Å²) >= 11 is 0. The number of carbonyl (C=O) groups is 2. The van der Waals surface area contributed by atoms with Crippen LogP contribution in [0.15, 0.2) is 0 Å². The third-order valence-electron chi connectivity index (χ3n) is 2.07. The Morgan fingerprint density at radius 3 is 2.27 bits per heavy atom. The van der Waals surface area contributed by atoms with Crippen molar-refractivity contribution in [2.24, 2.45) is 17.6 Å². The topological polar surface area (TPSA) is 69.4 Å². The molecule has 1 aliphatic carbocycles. The van der Waals surface area contributed by atoms with Crippen molar-refractivity contribution in [3.8, 4) is 0 Å². The minimum absolute atomic E-state index is 0.0995. The van der Waals surface area contributed by atoms with Crippen molar-refractivity contribution in [3.63, 3.8) is 0 Å². The Morgan fingerprint density at radius 1 is 1.36 bits per heavy atom. The van der Waals surface area contributed by atoms with Crippen LogP contribution in [0, 0.1) is 11.8 Å². The summed E-state index contributed by atoms with van der Waals surface area (Å²) in [5, 5.41) is 0. The number of carbonyl (C=O) groups excluding carboxylic acids is 2. The molecule has 2 N–H and O–H groups in total. The van der Waals surface area contributed by atoms with Gasteiger partial charge in [-0.05, 0) is 12.8 Å². The summed E-state index contributed by atoms with van der Waals surface area (Å²) in [6, 6.07) is 0. The summed E-state index contributed by atoms with van der Waals surface area (Å²) in [6.45, 7) is 0. The Kier molecular flexibility index (Phi) is 2.12. The quantitative estimate of drug-likeness (QED) is 0.558. The van der Waals surface area contributed by atoms with Gasteiger partial charge in [0.15, 0.2) is 0 Å². The second-order valence-corrected chi connectivity index (χ2v) is 2.79. The Hall–Kier alpha value is -1.06. The van der Waals surface area contributed by atoms with Crippen LogP contribution in [0.1, 0.15) is 12.8 Å². The predicted octanol–water partition coefficient (Wildman–Crippen LogP) is -0.329. The van der Waals surface area contributed by atoms with Crippen molar-refractivity contribution in [3.05, 3.63) is 0 Å². The van der Waals surface area contributed by atoms with Gasteiger partial charge in [-0.1, -0.05) is 0 Å². The van der Waals surface area contributed by atoms with Gasteiger partial charge in [0.05, 0.1) is 13.0 Å². The van der Waals surface area contributed by atoms with E-state index < -0.39 is 0 Å². The molecule has 0 aromatic rings. The monoisotopic (exact) mass is 157 g/mol. The summed E-state index contributed by atoms with van der Waals surface area (Å²) in [7, 11) is 1.35. The van der Waals surface area contributed by atoms with Crippen molar-refractivity contribution in [2.45, 2.75) is 12.8 Å². The van der Waals surface area contributed by atoms with E-state index in [1.165, 1.54) is 7.11 Å². The number of methoxy groups -OCH3 is 1. The van der Waals surface area contributed by atoms with Crippen molar-refractivity contribution < 1.29 is 14.3 Å². The van der Waals surface area contributed by atoms with E-state index in [9.17, 15) is 9.59 Å². The lowest BCUT2D eigenvalue weighted by molar-refractivity contribution is -0.151. The molecule has 4 heteroatoms. The van der Waals surface area contributed by atoms with Gasteiger partial charge in [0, 0.05) is 5.92 Å². The molecule has 0 atom stereocenters. The normalized spacial score (nSPS) is 28.8. The van der Waals surface area contributed by atoms with E-state index in [2.05, 4.69) is 4.74 Å². The molecule has 1 rings (SSSR count). The number of hydrogen-bond acceptors (Lipinski definition) is 3. The van der Waals surface area contributed by atoms with Crippen molar-refractivity contribution in [2.75, 3.05) is 7.11 Å². The molecule has 0 spiro atoms. The van der Waals surface area contributed by atoms with Gasteiger partial charge in [-0.25, -0.2) is 0 Å². The maximum absolute atomic E-state index is 10.8. The van der Waals surface area contributed by atoms with Crippen LogP contribution in [0.5, 0.6) is 0 Å². The molecule has 1 amide bonds. The molecule has 0 heterocycles.